The van der Waals surface area contributed by atoms with Crippen LogP contribution in [-0.4, -0.2) is 22.7 Å². The quantitative estimate of drug-likeness (QED) is 0.629. The summed E-state index contributed by atoms with van der Waals surface area (Å²) in [6.07, 6.45) is 0.581. The van der Waals surface area contributed by atoms with E-state index in [0.29, 0.717) is 0 Å². The molecule has 0 aliphatic heterocycles. The van der Waals surface area contributed by atoms with E-state index in [1.807, 2.05) is 0 Å². The van der Waals surface area contributed by atoms with Crippen LogP contribution in [0.4, 0.5) is 0 Å². The predicted octanol–water partition coefficient (Wildman–Crippen LogP) is 0.360. The largest absolute Gasteiger partial charge is 0.478 e. The first kappa shape index (κ1) is 9.76. The number of nitrogens with two attached hydrogens (primary N) is 1. The Bertz CT molecular complexity index is 294. The molecule has 13 heavy (non-hydrogen) atoms. The number of carboxylic acids is 1. The summed E-state index contributed by atoms with van der Waals surface area (Å²) in [5.74, 6) is -1.04. The number of hydrogen-bond donors (Lipinski definition) is 3. The van der Waals surface area contributed by atoms with Crippen LogP contribution >= 0.6 is 0 Å². The fourth-order valence-corrected chi connectivity index (χ4v) is 1.04. The zero-order chi connectivity index (χ0) is 9.84. The van der Waals surface area contributed by atoms with Gasteiger partial charge < -0.3 is 20.4 Å². The van der Waals surface area contributed by atoms with Gasteiger partial charge in [-0.1, -0.05) is 0 Å². The lowest BCUT2D eigenvalue weighted by Gasteiger charge is -2.06. The number of aromatic carboxylic acids is 1. The van der Waals surface area contributed by atoms with Crippen molar-refractivity contribution in [3.63, 3.8) is 0 Å². The van der Waals surface area contributed by atoms with Gasteiger partial charge in [-0.2, -0.15) is 0 Å². The van der Waals surface area contributed by atoms with E-state index in [2.05, 4.69) is 0 Å². The minimum atomic E-state index is -1.11. The average Bonchev–Trinajstić information content (AvgIpc) is 2.52. The molecule has 1 rings (SSSR count). The number of furan rings is 1. The molecule has 5 nitrogen and oxygen atoms in total. The zero-order valence-electron chi connectivity index (χ0n) is 6.93. The third-order valence-electron chi connectivity index (χ3n) is 1.67. The van der Waals surface area contributed by atoms with Crippen molar-refractivity contribution < 1.29 is 19.4 Å². The van der Waals surface area contributed by atoms with E-state index >= 15 is 0 Å². The standard InChI is InChI=1S/C8H11NO4/c9-3-1-6(10)7-5(8(11)12)2-4-13-7/h2,4,6,10H,1,3,9H2,(H,11,12). The number of aliphatic hydroxyl groups excluding tert-OH is 1. The number of carbonyl (C=O) groups is 1. The Balaban J connectivity index is 2.86. The monoisotopic (exact) mass is 185 g/mol. The molecule has 0 bridgehead atoms. The van der Waals surface area contributed by atoms with Gasteiger partial charge in [-0.3, -0.25) is 0 Å². The van der Waals surface area contributed by atoms with Crippen LogP contribution in [0.5, 0.6) is 0 Å². The van der Waals surface area contributed by atoms with Crippen LogP contribution in [0.1, 0.15) is 28.6 Å². The third kappa shape index (κ3) is 2.07. The van der Waals surface area contributed by atoms with E-state index in [0.717, 1.165) is 0 Å². The molecule has 0 fully saturated rings. The summed E-state index contributed by atoms with van der Waals surface area (Å²) >= 11 is 0. The van der Waals surface area contributed by atoms with Crippen molar-refractivity contribution in [2.75, 3.05) is 6.54 Å². The summed E-state index contributed by atoms with van der Waals surface area (Å²) in [7, 11) is 0. The highest BCUT2D eigenvalue weighted by atomic mass is 16.4. The molecule has 1 heterocycles. The van der Waals surface area contributed by atoms with Gasteiger partial charge >= 0.3 is 5.97 Å². The molecule has 5 heteroatoms. The summed E-state index contributed by atoms with van der Waals surface area (Å²) in [4.78, 5) is 10.6. The number of aliphatic hydroxyl groups is 1. The van der Waals surface area contributed by atoms with Crippen molar-refractivity contribution in [3.05, 3.63) is 23.7 Å². The Morgan fingerprint density at radius 2 is 2.38 bits per heavy atom. The highest BCUT2D eigenvalue weighted by Gasteiger charge is 2.19. The molecule has 0 aliphatic rings. The van der Waals surface area contributed by atoms with Gasteiger partial charge in [0.05, 0.1) is 6.26 Å². The molecule has 1 unspecified atom stereocenters. The van der Waals surface area contributed by atoms with E-state index in [-0.39, 0.29) is 24.3 Å². The van der Waals surface area contributed by atoms with Crippen LogP contribution in [0.3, 0.4) is 0 Å². The molecule has 0 saturated carbocycles. The Morgan fingerprint density at radius 1 is 1.69 bits per heavy atom. The average molecular weight is 185 g/mol. The fraction of sp³-hybridized carbons (Fsp3) is 0.375. The molecular weight excluding hydrogens is 174 g/mol. The Kier molecular flexibility index (Phi) is 3.05. The first-order valence-electron chi connectivity index (χ1n) is 3.85. The zero-order valence-corrected chi connectivity index (χ0v) is 6.93. The van der Waals surface area contributed by atoms with Gasteiger partial charge in [0.25, 0.3) is 0 Å². The van der Waals surface area contributed by atoms with Crippen molar-refractivity contribution in [1.82, 2.24) is 0 Å². The summed E-state index contributed by atoms with van der Waals surface area (Å²) in [6, 6.07) is 1.30. The van der Waals surface area contributed by atoms with Crippen LogP contribution in [0.25, 0.3) is 0 Å². The molecule has 1 atom stereocenters. The predicted molar refractivity (Wildman–Crippen MR) is 44.3 cm³/mol. The van der Waals surface area contributed by atoms with Crippen molar-refractivity contribution in [2.45, 2.75) is 12.5 Å². The molecule has 0 radical (unpaired) electrons. The van der Waals surface area contributed by atoms with Crippen LogP contribution in [0, 0.1) is 0 Å². The van der Waals surface area contributed by atoms with E-state index in [4.69, 9.17) is 15.3 Å². The lowest BCUT2D eigenvalue weighted by Crippen LogP contribution is -2.09. The molecular formula is C8H11NO4. The lowest BCUT2D eigenvalue weighted by atomic mass is 10.1. The highest BCUT2D eigenvalue weighted by Crippen LogP contribution is 2.21. The maximum absolute atomic E-state index is 10.6. The maximum Gasteiger partial charge on any atom is 0.339 e. The van der Waals surface area contributed by atoms with Gasteiger partial charge in [0.1, 0.15) is 17.4 Å². The summed E-state index contributed by atoms with van der Waals surface area (Å²) in [5.41, 5.74) is 5.20. The minimum Gasteiger partial charge on any atom is -0.478 e. The number of hydrogen-bond acceptors (Lipinski definition) is 4. The summed E-state index contributed by atoms with van der Waals surface area (Å²) in [5, 5.41) is 18.1. The normalized spacial score (nSPS) is 12.8. The molecule has 1 aromatic rings. The van der Waals surface area contributed by atoms with E-state index in [9.17, 15) is 9.90 Å². The second kappa shape index (κ2) is 4.06. The number of rotatable bonds is 4. The molecule has 0 aromatic carbocycles. The van der Waals surface area contributed by atoms with E-state index < -0.39 is 12.1 Å². The van der Waals surface area contributed by atoms with Crippen LogP contribution in [0.2, 0.25) is 0 Å². The fourth-order valence-electron chi connectivity index (χ4n) is 1.04. The second-order valence-corrected chi connectivity index (χ2v) is 2.60. The van der Waals surface area contributed by atoms with Gasteiger partial charge in [-0.25, -0.2) is 4.79 Å². The smallest absolute Gasteiger partial charge is 0.339 e. The van der Waals surface area contributed by atoms with E-state index in [1.165, 1.54) is 12.3 Å². The minimum absolute atomic E-state index is 0.0130. The molecule has 0 amide bonds. The Labute approximate surface area is 74.8 Å². The second-order valence-electron chi connectivity index (χ2n) is 2.60. The maximum atomic E-state index is 10.6. The van der Waals surface area contributed by atoms with Gasteiger partial charge in [-0.05, 0) is 19.0 Å². The van der Waals surface area contributed by atoms with Crippen molar-refractivity contribution in [2.24, 2.45) is 5.73 Å². The van der Waals surface area contributed by atoms with Crippen molar-refractivity contribution in [3.8, 4) is 0 Å². The van der Waals surface area contributed by atoms with Crippen LogP contribution in [0.15, 0.2) is 16.7 Å². The highest BCUT2D eigenvalue weighted by molar-refractivity contribution is 5.88. The summed E-state index contributed by atoms with van der Waals surface area (Å²) in [6.45, 7) is 0.279. The first-order chi connectivity index (χ1) is 6.16. The molecule has 1 aromatic heterocycles. The van der Waals surface area contributed by atoms with Gasteiger partial charge in [0.2, 0.25) is 0 Å². The summed E-state index contributed by atoms with van der Waals surface area (Å²) < 4.78 is 4.85. The first-order valence-corrected chi connectivity index (χ1v) is 3.85. The lowest BCUT2D eigenvalue weighted by molar-refractivity contribution is 0.0681. The molecule has 0 spiro atoms. The SMILES string of the molecule is NCCC(O)c1occc1C(=O)O. The third-order valence-corrected chi connectivity index (χ3v) is 1.67. The molecule has 0 saturated heterocycles. The number of carboxylic acid groups (broad SMARTS) is 1. The van der Waals surface area contributed by atoms with Gasteiger partial charge in [0.15, 0.2) is 0 Å². The van der Waals surface area contributed by atoms with Crippen LogP contribution < -0.4 is 5.73 Å². The Hall–Kier alpha value is -1.33. The molecule has 0 aliphatic carbocycles. The van der Waals surface area contributed by atoms with Crippen molar-refractivity contribution >= 4 is 5.97 Å². The van der Waals surface area contributed by atoms with Gasteiger partial charge in [0, 0.05) is 0 Å². The van der Waals surface area contributed by atoms with Crippen molar-refractivity contribution in [1.29, 1.82) is 0 Å². The Morgan fingerprint density at radius 3 is 2.92 bits per heavy atom. The van der Waals surface area contributed by atoms with E-state index in [1.54, 1.807) is 0 Å². The van der Waals surface area contributed by atoms with Crippen LogP contribution in [-0.2, 0) is 0 Å². The topological polar surface area (TPSA) is 96.7 Å². The molecule has 4 N–H and O–H groups in total. The van der Waals surface area contributed by atoms with Gasteiger partial charge in [-0.15, -0.1) is 0 Å². The molecule has 72 valence electrons.